The molecule has 4 aromatic rings. The van der Waals surface area contributed by atoms with Gasteiger partial charge in [0, 0.05) is 29.0 Å². The molecule has 2 amide bonds. The van der Waals surface area contributed by atoms with Gasteiger partial charge in [-0.25, -0.2) is 0 Å². The summed E-state index contributed by atoms with van der Waals surface area (Å²) in [5, 5.41) is 7.50. The molecular formula is C24H26N4O4. The number of nitrogens with one attached hydrogen (secondary N) is 4. The van der Waals surface area contributed by atoms with E-state index in [0.717, 1.165) is 21.9 Å². The molecule has 32 heavy (non-hydrogen) atoms. The van der Waals surface area contributed by atoms with Gasteiger partial charge in [-0.05, 0) is 43.2 Å². The van der Waals surface area contributed by atoms with Gasteiger partial charge in [0.25, 0.3) is 5.91 Å². The number of ether oxygens (including phenoxy) is 2. The van der Waals surface area contributed by atoms with Crippen molar-refractivity contribution >= 4 is 33.6 Å². The molecule has 0 saturated heterocycles. The van der Waals surface area contributed by atoms with Crippen LogP contribution in [0.5, 0.6) is 11.5 Å². The molecular weight excluding hydrogens is 408 g/mol. The van der Waals surface area contributed by atoms with E-state index in [1.165, 1.54) is 0 Å². The fourth-order valence-electron chi connectivity index (χ4n) is 3.79. The summed E-state index contributed by atoms with van der Waals surface area (Å²) in [6.45, 7) is 2.13. The lowest BCUT2D eigenvalue weighted by Crippen LogP contribution is -2.45. The number of carbonyl (C=O) groups is 2. The first-order valence-corrected chi connectivity index (χ1v) is 10.4. The molecule has 0 aliphatic carbocycles. The molecule has 4 rings (SSSR count). The minimum atomic E-state index is -0.694. The highest BCUT2D eigenvalue weighted by Crippen LogP contribution is 2.33. The van der Waals surface area contributed by atoms with E-state index in [2.05, 4.69) is 26.7 Å². The number of amides is 2. The average molecular weight is 434 g/mol. The Kier molecular flexibility index (Phi) is 6.02. The Bertz CT molecular complexity index is 1230. The van der Waals surface area contributed by atoms with E-state index >= 15 is 0 Å². The lowest BCUT2D eigenvalue weighted by molar-refractivity contribution is -0.122. The Balaban J connectivity index is 1.37. The fourth-order valence-corrected chi connectivity index (χ4v) is 3.79. The van der Waals surface area contributed by atoms with Gasteiger partial charge in [-0.1, -0.05) is 18.2 Å². The molecule has 166 valence electrons. The number of H-pyrrole nitrogens is 2. The minimum absolute atomic E-state index is 0.246. The molecule has 0 saturated carbocycles. The van der Waals surface area contributed by atoms with Gasteiger partial charge in [0.1, 0.15) is 23.2 Å². The van der Waals surface area contributed by atoms with Crippen molar-refractivity contribution in [3.05, 3.63) is 59.9 Å². The zero-order chi connectivity index (χ0) is 22.7. The van der Waals surface area contributed by atoms with Crippen LogP contribution in [0.25, 0.3) is 21.8 Å². The van der Waals surface area contributed by atoms with E-state index in [1.807, 2.05) is 24.4 Å². The summed E-state index contributed by atoms with van der Waals surface area (Å²) in [4.78, 5) is 31.5. The minimum Gasteiger partial charge on any atom is -0.496 e. The maximum absolute atomic E-state index is 12.7. The summed E-state index contributed by atoms with van der Waals surface area (Å²) in [6, 6.07) is 12.6. The second-order valence-corrected chi connectivity index (χ2v) is 7.54. The van der Waals surface area contributed by atoms with Crippen molar-refractivity contribution in [2.45, 2.75) is 19.4 Å². The fraction of sp³-hybridized carbons (Fsp3) is 0.250. The SMILES string of the molecule is COc1ccc(OC)c2[nH]c(C(=O)N[C@@H](C)C(=O)NCCc3c[nH]c4ccccc34)cc12. The summed E-state index contributed by atoms with van der Waals surface area (Å²) >= 11 is 0. The summed E-state index contributed by atoms with van der Waals surface area (Å²) in [5.74, 6) is 0.594. The third-order valence-electron chi connectivity index (χ3n) is 5.51. The van der Waals surface area contributed by atoms with E-state index in [9.17, 15) is 9.59 Å². The number of rotatable bonds is 8. The van der Waals surface area contributed by atoms with Crippen molar-refractivity contribution in [3.8, 4) is 11.5 Å². The van der Waals surface area contributed by atoms with E-state index in [0.29, 0.717) is 35.7 Å². The van der Waals surface area contributed by atoms with Gasteiger partial charge in [-0.2, -0.15) is 0 Å². The van der Waals surface area contributed by atoms with E-state index < -0.39 is 6.04 Å². The third kappa shape index (κ3) is 4.12. The molecule has 4 N–H and O–H groups in total. The topological polar surface area (TPSA) is 108 Å². The number of hydrogen-bond donors (Lipinski definition) is 4. The van der Waals surface area contributed by atoms with Gasteiger partial charge < -0.3 is 30.1 Å². The maximum Gasteiger partial charge on any atom is 0.268 e. The van der Waals surface area contributed by atoms with Crippen LogP contribution < -0.4 is 20.1 Å². The van der Waals surface area contributed by atoms with Crippen molar-refractivity contribution in [1.29, 1.82) is 0 Å². The Morgan fingerprint density at radius 2 is 1.78 bits per heavy atom. The lowest BCUT2D eigenvalue weighted by Gasteiger charge is -2.13. The predicted octanol–water partition coefficient (Wildman–Crippen LogP) is 3.14. The van der Waals surface area contributed by atoms with E-state index in [4.69, 9.17) is 9.47 Å². The van der Waals surface area contributed by atoms with Crippen molar-refractivity contribution in [1.82, 2.24) is 20.6 Å². The number of aromatic nitrogens is 2. The van der Waals surface area contributed by atoms with Gasteiger partial charge in [0.15, 0.2) is 0 Å². The van der Waals surface area contributed by atoms with Crippen LogP contribution in [0.3, 0.4) is 0 Å². The summed E-state index contributed by atoms with van der Waals surface area (Å²) in [6.07, 6.45) is 2.65. The molecule has 8 nitrogen and oxygen atoms in total. The van der Waals surface area contributed by atoms with Crippen molar-refractivity contribution < 1.29 is 19.1 Å². The van der Waals surface area contributed by atoms with Gasteiger partial charge in [-0.15, -0.1) is 0 Å². The zero-order valence-corrected chi connectivity index (χ0v) is 18.2. The van der Waals surface area contributed by atoms with Crippen molar-refractivity contribution in [2.24, 2.45) is 0 Å². The smallest absolute Gasteiger partial charge is 0.268 e. The summed E-state index contributed by atoms with van der Waals surface area (Å²) in [7, 11) is 3.13. The van der Waals surface area contributed by atoms with Crippen molar-refractivity contribution in [2.75, 3.05) is 20.8 Å². The number of para-hydroxylation sites is 1. The average Bonchev–Trinajstić information content (AvgIpc) is 3.43. The van der Waals surface area contributed by atoms with Crippen LogP contribution in [0.4, 0.5) is 0 Å². The summed E-state index contributed by atoms with van der Waals surface area (Å²) < 4.78 is 10.7. The lowest BCUT2D eigenvalue weighted by atomic mass is 10.1. The molecule has 0 radical (unpaired) electrons. The van der Waals surface area contributed by atoms with Gasteiger partial charge in [0.05, 0.1) is 19.7 Å². The first kappa shape index (κ1) is 21.3. The van der Waals surface area contributed by atoms with E-state index in [1.54, 1.807) is 39.3 Å². The Morgan fingerprint density at radius 3 is 2.56 bits per heavy atom. The Hall–Kier alpha value is -3.94. The maximum atomic E-state index is 12.7. The number of methoxy groups -OCH3 is 2. The highest BCUT2D eigenvalue weighted by atomic mass is 16.5. The molecule has 2 aromatic heterocycles. The number of fused-ring (bicyclic) bond motifs is 2. The summed E-state index contributed by atoms with van der Waals surface area (Å²) in [5.41, 5.74) is 3.19. The van der Waals surface area contributed by atoms with Crippen LogP contribution in [0, 0.1) is 0 Å². The monoisotopic (exact) mass is 434 g/mol. The first-order chi connectivity index (χ1) is 15.5. The van der Waals surface area contributed by atoms with Crippen LogP contribution in [0.2, 0.25) is 0 Å². The van der Waals surface area contributed by atoms with Crippen LogP contribution in [-0.4, -0.2) is 48.6 Å². The number of carbonyl (C=O) groups excluding carboxylic acids is 2. The zero-order valence-electron chi connectivity index (χ0n) is 18.2. The van der Waals surface area contributed by atoms with Gasteiger partial charge in [0.2, 0.25) is 5.91 Å². The second kappa shape index (κ2) is 9.05. The second-order valence-electron chi connectivity index (χ2n) is 7.54. The quantitative estimate of drug-likeness (QED) is 0.342. The molecule has 1 atom stereocenters. The van der Waals surface area contributed by atoms with Gasteiger partial charge >= 0.3 is 0 Å². The van der Waals surface area contributed by atoms with Crippen molar-refractivity contribution in [3.63, 3.8) is 0 Å². The molecule has 0 aliphatic heterocycles. The molecule has 8 heteroatoms. The van der Waals surface area contributed by atoms with Crippen LogP contribution in [0.15, 0.2) is 48.7 Å². The number of hydrogen-bond acceptors (Lipinski definition) is 4. The Labute approximate surface area is 185 Å². The van der Waals surface area contributed by atoms with E-state index in [-0.39, 0.29) is 11.8 Å². The molecule has 0 spiro atoms. The molecule has 2 heterocycles. The molecule has 0 aliphatic rings. The molecule has 0 fully saturated rings. The number of benzene rings is 2. The normalized spacial score (nSPS) is 12.0. The third-order valence-corrected chi connectivity index (χ3v) is 5.51. The molecule has 0 bridgehead atoms. The molecule has 0 unspecified atom stereocenters. The van der Waals surface area contributed by atoms with Crippen LogP contribution in [-0.2, 0) is 11.2 Å². The number of aromatic amines is 2. The predicted molar refractivity (Wildman–Crippen MR) is 123 cm³/mol. The highest BCUT2D eigenvalue weighted by molar-refractivity contribution is 6.02. The Morgan fingerprint density at radius 1 is 1.03 bits per heavy atom. The standard InChI is InChI=1S/C24H26N4O4/c1-14(23(29)25-11-10-15-13-26-18-7-5-4-6-16(15)18)27-24(30)19-12-17-20(31-2)8-9-21(32-3)22(17)28-19/h4-9,12-14,26,28H,10-11H2,1-3H3,(H,25,29)(H,27,30)/t14-/m0/s1. The highest BCUT2D eigenvalue weighted by Gasteiger charge is 2.20. The first-order valence-electron chi connectivity index (χ1n) is 10.4. The van der Waals surface area contributed by atoms with Crippen LogP contribution in [0.1, 0.15) is 23.0 Å². The largest absolute Gasteiger partial charge is 0.496 e. The van der Waals surface area contributed by atoms with Crippen LogP contribution >= 0.6 is 0 Å². The van der Waals surface area contributed by atoms with Gasteiger partial charge in [-0.3, -0.25) is 9.59 Å². The molecule has 2 aromatic carbocycles.